The largest absolute Gasteiger partial charge is 0.459 e. The van der Waals surface area contributed by atoms with Crippen LogP contribution < -0.4 is 20.3 Å². The Bertz CT molecular complexity index is 1900. The molecule has 0 saturated carbocycles. The molecule has 1 amide bonds. The topological polar surface area (TPSA) is 151 Å². The number of anilines is 4. The Balaban J connectivity index is 0.994. The van der Waals surface area contributed by atoms with Crippen LogP contribution >= 0.6 is 0 Å². The van der Waals surface area contributed by atoms with Crippen LogP contribution in [0.3, 0.4) is 0 Å². The lowest BCUT2D eigenvalue weighted by Crippen LogP contribution is -2.37. The molecule has 0 aliphatic carbocycles. The molecule has 1 atom stereocenters. The van der Waals surface area contributed by atoms with Crippen molar-refractivity contribution in [3.63, 3.8) is 0 Å². The first kappa shape index (κ1) is 30.5. The molecule has 2 saturated heterocycles. The summed E-state index contributed by atoms with van der Waals surface area (Å²) in [4.78, 5) is 38.0. The first-order chi connectivity index (χ1) is 22.8. The Morgan fingerprint density at radius 2 is 2.00 bits per heavy atom. The predicted molar refractivity (Wildman–Crippen MR) is 174 cm³/mol. The third-order valence-electron chi connectivity index (χ3n) is 8.45. The van der Waals surface area contributed by atoms with E-state index in [0.29, 0.717) is 63.3 Å². The number of aryl methyl sites for hydroxylation is 3. The number of aromatic amines is 1. The van der Waals surface area contributed by atoms with E-state index in [1.54, 1.807) is 10.9 Å². The molecule has 2 aliphatic rings. The van der Waals surface area contributed by atoms with Gasteiger partial charge in [0.05, 0.1) is 42.9 Å². The number of para-hydroxylation sites is 1. The standard InChI is InChI=1S/C32H36FN11O3/c1-19-14-35-31(38-26-13-20(2)42(3)41-26)39-28(19)23-15-34-29-22(23)5-4-6-25(29)37-27(45)18-43-8-7-21(17-43)47-32-36-16-24(33)30(40-32)44-9-11-46-12-10-44/h4-6,13-16,21,34H,7-12,17-18H2,1-3H3,(H,37,45)(H,35,38,39,41)/t21-/m0/s1. The smallest absolute Gasteiger partial charge is 0.318 e. The summed E-state index contributed by atoms with van der Waals surface area (Å²) in [5.74, 6) is 0.705. The van der Waals surface area contributed by atoms with Crippen molar-refractivity contribution in [1.29, 1.82) is 0 Å². The van der Waals surface area contributed by atoms with Crippen molar-refractivity contribution < 1.29 is 18.7 Å². The molecule has 3 N–H and O–H groups in total. The Morgan fingerprint density at radius 3 is 2.81 bits per heavy atom. The van der Waals surface area contributed by atoms with Gasteiger partial charge in [-0.2, -0.15) is 10.1 Å². The van der Waals surface area contributed by atoms with Gasteiger partial charge in [0, 0.05) is 68.3 Å². The minimum atomic E-state index is -0.488. The van der Waals surface area contributed by atoms with Gasteiger partial charge in [-0.15, -0.1) is 0 Å². The van der Waals surface area contributed by atoms with Gasteiger partial charge in [0.25, 0.3) is 0 Å². The number of hydrogen-bond donors (Lipinski definition) is 3. The van der Waals surface area contributed by atoms with Crippen LogP contribution in [0.15, 0.2) is 42.9 Å². The van der Waals surface area contributed by atoms with Crippen LogP contribution in [0.4, 0.5) is 27.7 Å². The van der Waals surface area contributed by atoms with E-state index in [2.05, 4.69) is 35.7 Å². The summed E-state index contributed by atoms with van der Waals surface area (Å²) in [6, 6.07) is 7.85. The van der Waals surface area contributed by atoms with Gasteiger partial charge in [-0.25, -0.2) is 19.3 Å². The molecular formula is C32H36FN11O3. The zero-order valence-corrected chi connectivity index (χ0v) is 26.5. The molecule has 14 nitrogen and oxygen atoms in total. The molecule has 47 heavy (non-hydrogen) atoms. The molecule has 1 aromatic carbocycles. The minimum Gasteiger partial charge on any atom is -0.459 e. The van der Waals surface area contributed by atoms with E-state index in [4.69, 9.17) is 14.5 Å². The number of amides is 1. The van der Waals surface area contributed by atoms with Gasteiger partial charge < -0.3 is 30.0 Å². The van der Waals surface area contributed by atoms with Crippen molar-refractivity contribution in [2.45, 2.75) is 26.4 Å². The van der Waals surface area contributed by atoms with E-state index in [-0.39, 0.29) is 30.4 Å². The molecule has 5 aromatic rings. The van der Waals surface area contributed by atoms with Crippen molar-refractivity contribution in [2.24, 2.45) is 7.05 Å². The highest BCUT2D eigenvalue weighted by molar-refractivity contribution is 6.06. The number of hydrogen-bond acceptors (Lipinski definition) is 11. The van der Waals surface area contributed by atoms with Crippen LogP contribution in [-0.2, 0) is 16.6 Å². The van der Waals surface area contributed by atoms with E-state index in [1.165, 1.54) is 0 Å². The second-order valence-corrected chi connectivity index (χ2v) is 11.8. The maximum Gasteiger partial charge on any atom is 0.318 e. The number of nitrogens with zero attached hydrogens (tertiary/aromatic N) is 8. The van der Waals surface area contributed by atoms with Crippen molar-refractivity contribution in [2.75, 3.05) is 61.5 Å². The third kappa shape index (κ3) is 6.57. The number of fused-ring (bicyclic) bond motifs is 1. The Morgan fingerprint density at radius 1 is 1.15 bits per heavy atom. The molecule has 0 bridgehead atoms. The number of likely N-dealkylation sites (tertiary alicyclic amines) is 1. The van der Waals surface area contributed by atoms with E-state index < -0.39 is 5.82 Å². The summed E-state index contributed by atoms with van der Waals surface area (Å²) in [5, 5.41) is 11.6. The fourth-order valence-corrected chi connectivity index (χ4v) is 5.94. The highest BCUT2D eigenvalue weighted by Crippen LogP contribution is 2.33. The second-order valence-electron chi connectivity index (χ2n) is 11.8. The summed E-state index contributed by atoms with van der Waals surface area (Å²) >= 11 is 0. The molecule has 0 spiro atoms. The summed E-state index contributed by atoms with van der Waals surface area (Å²) in [7, 11) is 1.88. The van der Waals surface area contributed by atoms with Gasteiger partial charge >= 0.3 is 6.01 Å². The lowest BCUT2D eigenvalue weighted by Gasteiger charge is -2.28. The number of carbonyl (C=O) groups is 1. The van der Waals surface area contributed by atoms with Gasteiger partial charge in [-0.1, -0.05) is 12.1 Å². The summed E-state index contributed by atoms with van der Waals surface area (Å²) in [5.41, 5.74) is 5.08. The first-order valence-electron chi connectivity index (χ1n) is 15.6. The number of H-pyrrole nitrogens is 1. The zero-order chi connectivity index (χ0) is 32.5. The summed E-state index contributed by atoms with van der Waals surface area (Å²) < 4.78 is 27.6. The van der Waals surface area contributed by atoms with Crippen LogP contribution in [0.25, 0.3) is 22.2 Å². The fourth-order valence-electron chi connectivity index (χ4n) is 5.94. The van der Waals surface area contributed by atoms with Gasteiger partial charge in [-0.3, -0.25) is 14.4 Å². The maximum absolute atomic E-state index is 14.4. The fraction of sp³-hybridized carbons (Fsp3) is 0.375. The van der Waals surface area contributed by atoms with Crippen LogP contribution in [0.2, 0.25) is 0 Å². The van der Waals surface area contributed by atoms with E-state index in [1.807, 2.05) is 61.2 Å². The number of carbonyl (C=O) groups excluding carboxylic acids is 1. The van der Waals surface area contributed by atoms with Gasteiger partial charge in [-0.05, 0) is 31.9 Å². The number of rotatable bonds is 9. The van der Waals surface area contributed by atoms with Crippen molar-refractivity contribution in [1.82, 2.24) is 39.6 Å². The van der Waals surface area contributed by atoms with Crippen molar-refractivity contribution in [3.05, 3.63) is 59.9 Å². The molecule has 6 heterocycles. The number of morpholine rings is 1. The summed E-state index contributed by atoms with van der Waals surface area (Å²) in [6.07, 6.45) is 5.31. The van der Waals surface area contributed by atoms with Crippen LogP contribution in [0.1, 0.15) is 17.7 Å². The monoisotopic (exact) mass is 641 g/mol. The minimum absolute atomic E-state index is 0.132. The molecule has 2 aliphatic heterocycles. The maximum atomic E-state index is 14.4. The van der Waals surface area contributed by atoms with Crippen LogP contribution in [0, 0.1) is 19.7 Å². The van der Waals surface area contributed by atoms with Crippen LogP contribution in [0.5, 0.6) is 6.01 Å². The second kappa shape index (κ2) is 12.9. The molecule has 2 fully saturated rings. The lowest BCUT2D eigenvalue weighted by atomic mass is 10.1. The number of halogens is 1. The van der Waals surface area contributed by atoms with Gasteiger partial charge in [0.1, 0.15) is 6.10 Å². The number of benzene rings is 1. The molecular weight excluding hydrogens is 605 g/mol. The molecule has 0 radical (unpaired) electrons. The normalized spacial score (nSPS) is 16.9. The highest BCUT2D eigenvalue weighted by Gasteiger charge is 2.27. The van der Waals surface area contributed by atoms with Gasteiger partial charge in [0.2, 0.25) is 11.9 Å². The molecule has 7 rings (SSSR count). The quantitative estimate of drug-likeness (QED) is 0.217. The molecule has 4 aromatic heterocycles. The van der Waals surface area contributed by atoms with E-state index in [0.717, 1.165) is 39.6 Å². The number of aromatic nitrogens is 7. The number of nitrogens with one attached hydrogen (secondary N) is 3. The number of ether oxygens (including phenoxy) is 2. The van der Waals surface area contributed by atoms with E-state index >= 15 is 0 Å². The molecule has 15 heteroatoms. The SMILES string of the molecule is Cc1cnc(Nc2cc(C)n(C)n2)nc1-c1c[nH]c2c(NC(=O)CN3CC[C@H](Oc4ncc(F)c(N5CCOCC5)n4)C3)cccc12. The van der Waals surface area contributed by atoms with Crippen molar-refractivity contribution >= 4 is 40.1 Å². The Labute approximate surface area is 270 Å². The zero-order valence-electron chi connectivity index (χ0n) is 26.5. The first-order valence-corrected chi connectivity index (χ1v) is 15.6. The van der Waals surface area contributed by atoms with Gasteiger partial charge in [0.15, 0.2) is 17.5 Å². The Kier molecular flexibility index (Phi) is 8.39. The molecule has 244 valence electrons. The predicted octanol–water partition coefficient (Wildman–Crippen LogP) is 3.58. The lowest BCUT2D eigenvalue weighted by molar-refractivity contribution is -0.117. The van der Waals surface area contributed by atoms with E-state index in [9.17, 15) is 9.18 Å². The third-order valence-corrected chi connectivity index (χ3v) is 8.45. The average molecular weight is 642 g/mol. The highest BCUT2D eigenvalue weighted by atomic mass is 19.1. The molecule has 0 unspecified atom stereocenters. The Hall–Kier alpha value is -5.15. The summed E-state index contributed by atoms with van der Waals surface area (Å²) in [6.45, 7) is 7.49. The van der Waals surface area contributed by atoms with Crippen molar-refractivity contribution in [3.8, 4) is 17.3 Å². The average Bonchev–Trinajstić information content (AvgIpc) is 3.78. The van der Waals surface area contributed by atoms with Crippen LogP contribution in [-0.4, -0.2) is 97.5 Å².